The van der Waals surface area contributed by atoms with E-state index >= 15 is 4.39 Å². The van der Waals surface area contributed by atoms with Crippen LogP contribution in [-0.4, -0.2) is 66.1 Å². The van der Waals surface area contributed by atoms with Gasteiger partial charge in [0.25, 0.3) is 5.91 Å². The molecular weight excluding hydrogens is 474 g/mol. The average molecular weight is 506 g/mol. The number of rotatable bonds is 6. The van der Waals surface area contributed by atoms with E-state index in [1.807, 2.05) is 12.1 Å². The zero-order valence-corrected chi connectivity index (χ0v) is 21.5. The van der Waals surface area contributed by atoms with Crippen LogP contribution in [0.5, 0.6) is 0 Å². The number of piperidine rings is 1. The maximum atomic E-state index is 15.0. The minimum atomic E-state index is -1.10. The molecule has 2 aromatic rings. The molecule has 2 saturated heterocycles. The lowest BCUT2D eigenvalue weighted by Crippen LogP contribution is -2.63. The maximum Gasteiger partial charge on any atom is 0.254 e. The molecule has 194 valence electrons. The Morgan fingerprint density at radius 1 is 1.16 bits per heavy atom. The van der Waals surface area contributed by atoms with Gasteiger partial charge in [-0.2, -0.15) is 0 Å². The van der Waals surface area contributed by atoms with E-state index in [1.54, 1.807) is 32.1 Å². The van der Waals surface area contributed by atoms with E-state index in [9.17, 15) is 14.4 Å². The summed E-state index contributed by atoms with van der Waals surface area (Å²) in [5.41, 5.74) is 2.36. The lowest BCUT2D eigenvalue weighted by atomic mass is 9.70. The molecule has 0 bridgehead atoms. The van der Waals surface area contributed by atoms with Gasteiger partial charge in [-0.15, -0.1) is 0 Å². The molecule has 0 aliphatic carbocycles. The first kappa shape index (κ1) is 25.4. The number of carbonyl (C=O) groups is 3. The Morgan fingerprint density at radius 3 is 2.62 bits per heavy atom. The summed E-state index contributed by atoms with van der Waals surface area (Å²) in [5.74, 6) is -1.30. The van der Waals surface area contributed by atoms with Gasteiger partial charge in [0, 0.05) is 61.5 Å². The predicted octanol–water partition coefficient (Wildman–Crippen LogP) is 1.77. The molecule has 8 nitrogen and oxygen atoms in total. The van der Waals surface area contributed by atoms with Crippen molar-refractivity contribution in [3.63, 3.8) is 0 Å². The molecule has 2 fully saturated rings. The average Bonchev–Trinajstić information content (AvgIpc) is 3.18. The number of fused-ring (bicyclic) bond motifs is 1. The van der Waals surface area contributed by atoms with Gasteiger partial charge in [0.15, 0.2) is 0 Å². The number of amides is 3. The van der Waals surface area contributed by atoms with Crippen molar-refractivity contribution in [1.29, 1.82) is 0 Å². The Balaban J connectivity index is 1.27. The minimum Gasteiger partial charge on any atom is -0.381 e. The van der Waals surface area contributed by atoms with Gasteiger partial charge in [-0.1, -0.05) is 18.2 Å². The number of morpholine rings is 1. The lowest BCUT2D eigenvalue weighted by Gasteiger charge is -2.40. The summed E-state index contributed by atoms with van der Waals surface area (Å²) in [4.78, 5) is 41.3. The third-order valence-corrected chi connectivity index (χ3v) is 7.63. The molecule has 2 N–H and O–H groups in total. The molecule has 2 aromatic carbocycles. The zero-order chi connectivity index (χ0) is 26.3. The van der Waals surface area contributed by atoms with Gasteiger partial charge in [0.2, 0.25) is 11.8 Å². The third kappa shape index (κ3) is 5.00. The van der Waals surface area contributed by atoms with Gasteiger partial charge in [0.1, 0.15) is 13.7 Å². The van der Waals surface area contributed by atoms with Crippen LogP contribution in [-0.2, 0) is 34.0 Å². The second-order valence-electron chi connectivity index (χ2n) is 10.6. The molecule has 0 aromatic heterocycles. The molecule has 0 saturated carbocycles. The number of halogens is 1. The Labute approximate surface area is 216 Å². The molecule has 37 heavy (non-hydrogen) atoms. The van der Waals surface area contributed by atoms with E-state index in [1.165, 1.54) is 4.90 Å². The van der Waals surface area contributed by atoms with Crippen molar-refractivity contribution in [2.75, 3.05) is 18.4 Å². The number of anilines is 1. The molecule has 3 heterocycles. The highest BCUT2D eigenvalue weighted by Crippen LogP contribution is 2.36. The van der Waals surface area contributed by atoms with Crippen molar-refractivity contribution in [3.8, 4) is 0 Å². The van der Waals surface area contributed by atoms with Gasteiger partial charge >= 0.3 is 0 Å². The molecule has 0 radical (unpaired) electrons. The Bertz CT molecular complexity index is 1250. The maximum absolute atomic E-state index is 15.0. The van der Waals surface area contributed by atoms with E-state index in [-0.39, 0.29) is 55.8 Å². The fourth-order valence-electron chi connectivity index (χ4n) is 5.64. The van der Waals surface area contributed by atoms with Crippen LogP contribution in [0.25, 0.3) is 0 Å². The minimum absolute atomic E-state index is 0.157. The number of hydrogen-bond donors (Lipinski definition) is 2. The van der Waals surface area contributed by atoms with E-state index in [4.69, 9.17) is 4.74 Å². The first-order valence-electron chi connectivity index (χ1n) is 12.8. The summed E-state index contributed by atoms with van der Waals surface area (Å²) in [6, 6.07) is 10.7. The first-order chi connectivity index (χ1) is 17.6. The number of benzene rings is 2. The monoisotopic (exact) mass is 506 g/mol. The second-order valence-corrected chi connectivity index (χ2v) is 10.6. The van der Waals surface area contributed by atoms with Crippen molar-refractivity contribution in [2.24, 2.45) is 0 Å². The van der Waals surface area contributed by atoms with Crippen molar-refractivity contribution in [1.82, 2.24) is 15.1 Å². The summed E-state index contributed by atoms with van der Waals surface area (Å²) >= 11 is 0. The van der Waals surface area contributed by atoms with Crippen LogP contribution < -0.4 is 10.6 Å². The van der Waals surface area contributed by atoms with E-state index in [0.717, 1.165) is 29.9 Å². The molecule has 3 aliphatic heterocycles. The summed E-state index contributed by atoms with van der Waals surface area (Å²) in [6.45, 7) is 6.92. The van der Waals surface area contributed by atoms with Gasteiger partial charge in [-0.05, 0) is 44.0 Å². The van der Waals surface area contributed by atoms with Gasteiger partial charge in [-0.25, -0.2) is 4.39 Å². The molecular formula is C27H32BFN4O4. The molecule has 5 rings (SSSR count). The Hall–Kier alpha value is -3.24. The quantitative estimate of drug-likeness (QED) is 0.459. The van der Waals surface area contributed by atoms with Crippen molar-refractivity contribution >= 4 is 31.3 Å². The van der Waals surface area contributed by atoms with Crippen LogP contribution in [0.3, 0.4) is 0 Å². The topological polar surface area (TPSA) is 91.0 Å². The van der Waals surface area contributed by atoms with Gasteiger partial charge < -0.3 is 15.0 Å². The van der Waals surface area contributed by atoms with E-state index < -0.39 is 11.3 Å². The summed E-state index contributed by atoms with van der Waals surface area (Å²) in [6.07, 6.45) is 0.780. The smallest absolute Gasteiger partial charge is 0.254 e. The summed E-state index contributed by atoms with van der Waals surface area (Å²) < 4.78 is 20.8. The number of carbonyl (C=O) groups excluding carboxylic acids is 3. The normalized spacial score (nSPS) is 26.2. The van der Waals surface area contributed by atoms with E-state index in [2.05, 4.69) is 29.4 Å². The second kappa shape index (κ2) is 9.91. The van der Waals surface area contributed by atoms with Crippen LogP contribution in [0.4, 0.5) is 10.1 Å². The lowest BCUT2D eigenvalue weighted by molar-refractivity contribution is -0.138. The third-order valence-electron chi connectivity index (χ3n) is 7.63. The number of nitrogens with one attached hydrogen (secondary N) is 2. The zero-order valence-electron chi connectivity index (χ0n) is 21.5. The fraction of sp³-hybridized carbons (Fsp3) is 0.444. The van der Waals surface area contributed by atoms with Crippen LogP contribution in [0.15, 0.2) is 36.4 Å². The van der Waals surface area contributed by atoms with Crippen molar-refractivity contribution in [3.05, 3.63) is 64.5 Å². The molecule has 0 spiro atoms. The number of hydrogen-bond acceptors (Lipinski definition) is 6. The van der Waals surface area contributed by atoms with Gasteiger partial charge in [0.05, 0.1) is 17.6 Å². The highest BCUT2D eigenvalue weighted by molar-refractivity contribution is 6.32. The first-order valence-corrected chi connectivity index (χ1v) is 12.8. The van der Waals surface area contributed by atoms with E-state index in [0.29, 0.717) is 17.7 Å². The molecule has 3 unspecified atom stereocenters. The fourth-order valence-corrected chi connectivity index (χ4v) is 5.64. The number of ether oxygens (including phenoxy) is 1. The number of nitrogens with zero attached hydrogens (tertiary/aromatic N) is 2. The Morgan fingerprint density at radius 2 is 1.92 bits per heavy atom. The molecule has 3 amide bonds. The molecule has 3 aliphatic rings. The van der Waals surface area contributed by atoms with Crippen LogP contribution in [0.2, 0.25) is 0 Å². The van der Waals surface area contributed by atoms with Gasteiger partial charge in [-0.3, -0.25) is 24.6 Å². The molecule has 10 heteroatoms. The highest BCUT2D eigenvalue weighted by atomic mass is 19.1. The highest BCUT2D eigenvalue weighted by Gasteiger charge is 2.48. The largest absolute Gasteiger partial charge is 0.381 e. The van der Waals surface area contributed by atoms with Crippen LogP contribution in [0, 0.1) is 5.82 Å². The molecule has 3 atom stereocenters. The standard InChI is InChI=1S/C27H32BFN4O4/c1-16-12-32(13-17(2)37-16)14-18-6-7-19(22(29)10-18)11-30-23-5-3-4-20-21(23)15-33(25(20)35)27(28)9-8-24(34)31-26(27)36/h3-7,10,16-17,30H,8-9,11-15,28H2,1-2H3,(H,31,34,36). The van der Waals surface area contributed by atoms with Crippen molar-refractivity contribution in [2.45, 2.75) is 64.0 Å². The summed E-state index contributed by atoms with van der Waals surface area (Å²) in [7, 11) is 1.70. The summed E-state index contributed by atoms with van der Waals surface area (Å²) in [5, 5.41) is 5.65. The number of imide groups is 1. The SMILES string of the molecule is BC1(N2Cc3c(NCc4ccc(CN5CC(C)OC(C)C5)cc4F)cccc3C2=O)CCC(=O)NC1=O. The Kier molecular flexibility index (Phi) is 6.81. The predicted molar refractivity (Wildman–Crippen MR) is 139 cm³/mol. The van der Waals surface area contributed by atoms with Crippen LogP contribution >= 0.6 is 0 Å². The van der Waals surface area contributed by atoms with Crippen molar-refractivity contribution < 1.29 is 23.5 Å². The van der Waals surface area contributed by atoms with Crippen LogP contribution in [0.1, 0.15) is 53.7 Å².